The van der Waals surface area contributed by atoms with Crippen molar-refractivity contribution >= 4 is 0 Å². The highest BCUT2D eigenvalue weighted by atomic mass is 16.3. The molecule has 0 saturated heterocycles. The van der Waals surface area contributed by atoms with Gasteiger partial charge in [0.2, 0.25) is 0 Å². The van der Waals surface area contributed by atoms with E-state index < -0.39 is 0 Å². The molecule has 96 valence electrons. The van der Waals surface area contributed by atoms with Crippen LogP contribution in [0.3, 0.4) is 0 Å². The Kier molecular flexibility index (Phi) is 4.78. The smallest absolute Gasteiger partial charge is 0.157 e. The summed E-state index contributed by atoms with van der Waals surface area (Å²) in [5, 5.41) is 31.3. The third-order valence-electron chi connectivity index (χ3n) is 3.36. The van der Waals surface area contributed by atoms with Crippen LogP contribution >= 0.6 is 0 Å². The molecule has 0 aliphatic heterocycles. The lowest BCUT2D eigenvalue weighted by atomic mass is 9.93. The highest BCUT2D eigenvalue weighted by Crippen LogP contribution is 2.25. The molecule has 0 spiro atoms. The van der Waals surface area contributed by atoms with Crippen molar-refractivity contribution in [3.63, 3.8) is 0 Å². The van der Waals surface area contributed by atoms with Crippen LogP contribution in [0.1, 0.15) is 32.3 Å². The standard InChI is InChI=1S/C13H21NO3/c1-3-13(4-2,9-15)14-8-10-5-6-11(16)12(17)7-10/h5-7,14-17H,3-4,8-9H2,1-2H3. The van der Waals surface area contributed by atoms with Crippen molar-refractivity contribution in [1.29, 1.82) is 0 Å². The Morgan fingerprint density at radius 1 is 1.12 bits per heavy atom. The number of aliphatic hydroxyl groups excluding tert-OH is 1. The maximum atomic E-state index is 9.40. The summed E-state index contributed by atoms with van der Waals surface area (Å²) >= 11 is 0. The van der Waals surface area contributed by atoms with Gasteiger partial charge in [0.25, 0.3) is 0 Å². The molecule has 4 heteroatoms. The van der Waals surface area contributed by atoms with Crippen LogP contribution in [0.4, 0.5) is 0 Å². The zero-order chi connectivity index (χ0) is 12.9. The van der Waals surface area contributed by atoms with Gasteiger partial charge in [-0.3, -0.25) is 0 Å². The summed E-state index contributed by atoms with van der Waals surface area (Å²) in [6.07, 6.45) is 1.67. The summed E-state index contributed by atoms with van der Waals surface area (Å²) in [6.45, 7) is 4.70. The highest BCUT2D eigenvalue weighted by molar-refractivity contribution is 5.40. The van der Waals surface area contributed by atoms with Gasteiger partial charge in [-0.15, -0.1) is 0 Å². The normalized spacial score (nSPS) is 11.7. The van der Waals surface area contributed by atoms with Gasteiger partial charge in [0.05, 0.1) is 6.61 Å². The predicted octanol–water partition coefficient (Wildman–Crippen LogP) is 1.74. The Labute approximate surface area is 102 Å². The molecule has 17 heavy (non-hydrogen) atoms. The Hall–Kier alpha value is -1.26. The van der Waals surface area contributed by atoms with Crippen LogP contribution in [0.2, 0.25) is 0 Å². The third-order valence-corrected chi connectivity index (χ3v) is 3.36. The lowest BCUT2D eigenvalue weighted by Gasteiger charge is -2.31. The molecule has 0 bridgehead atoms. The van der Waals surface area contributed by atoms with Gasteiger partial charge in [-0.25, -0.2) is 0 Å². The second-order valence-corrected chi connectivity index (χ2v) is 4.32. The Morgan fingerprint density at radius 3 is 2.24 bits per heavy atom. The highest BCUT2D eigenvalue weighted by Gasteiger charge is 2.23. The number of hydrogen-bond donors (Lipinski definition) is 4. The molecule has 0 amide bonds. The van der Waals surface area contributed by atoms with Crippen molar-refractivity contribution in [3.8, 4) is 11.5 Å². The molecule has 0 aliphatic carbocycles. The van der Waals surface area contributed by atoms with Crippen LogP contribution in [0.15, 0.2) is 18.2 Å². The minimum Gasteiger partial charge on any atom is -0.504 e. The molecule has 0 saturated carbocycles. The number of hydrogen-bond acceptors (Lipinski definition) is 4. The van der Waals surface area contributed by atoms with Gasteiger partial charge in [-0.05, 0) is 30.5 Å². The molecule has 0 heterocycles. The molecular formula is C13H21NO3. The van der Waals surface area contributed by atoms with Gasteiger partial charge < -0.3 is 20.6 Å². The van der Waals surface area contributed by atoms with Crippen molar-refractivity contribution < 1.29 is 15.3 Å². The van der Waals surface area contributed by atoms with Gasteiger partial charge in [0, 0.05) is 12.1 Å². The van der Waals surface area contributed by atoms with Crippen LogP contribution in [0.25, 0.3) is 0 Å². The summed E-state index contributed by atoms with van der Waals surface area (Å²) in [4.78, 5) is 0. The van der Waals surface area contributed by atoms with Crippen molar-refractivity contribution in [2.75, 3.05) is 6.61 Å². The first-order valence-corrected chi connectivity index (χ1v) is 5.93. The predicted molar refractivity (Wildman–Crippen MR) is 67.0 cm³/mol. The SMILES string of the molecule is CCC(CC)(CO)NCc1ccc(O)c(O)c1. The number of aromatic hydroxyl groups is 2. The summed E-state index contributed by atoms with van der Waals surface area (Å²) in [7, 11) is 0. The Bertz CT molecular complexity index is 353. The number of aliphatic hydroxyl groups is 1. The van der Waals surface area contributed by atoms with Crippen LogP contribution in [-0.4, -0.2) is 27.5 Å². The first-order chi connectivity index (χ1) is 8.06. The molecule has 0 aromatic heterocycles. The van der Waals surface area contributed by atoms with E-state index in [-0.39, 0.29) is 23.6 Å². The molecule has 1 rings (SSSR count). The second kappa shape index (κ2) is 5.89. The fourth-order valence-corrected chi connectivity index (χ4v) is 1.75. The fraction of sp³-hybridized carbons (Fsp3) is 0.538. The zero-order valence-corrected chi connectivity index (χ0v) is 10.4. The Balaban J connectivity index is 2.68. The molecule has 4 N–H and O–H groups in total. The summed E-state index contributed by atoms with van der Waals surface area (Å²) < 4.78 is 0. The van der Waals surface area contributed by atoms with E-state index in [2.05, 4.69) is 5.32 Å². The van der Waals surface area contributed by atoms with E-state index in [0.717, 1.165) is 18.4 Å². The topological polar surface area (TPSA) is 72.7 Å². The van der Waals surface area contributed by atoms with Gasteiger partial charge in [0.1, 0.15) is 0 Å². The lowest BCUT2D eigenvalue weighted by Crippen LogP contribution is -2.47. The fourth-order valence-electron chi connectivity index (χ4n) is 1.75. The van der Waals surface area contributed by atoms with Crippen molar-refractivity contribution in [1.82, 2.24) is 5.32 Å². The molecule has 1 aromatic rings. The molecule has 0 aliphatic rings. The maximum Gasteiger partial charge on any atom is 0.157 e. The minimum absolute atomic E-state index is 0.0874. The molecule has 0 atom stereocenters. The van der Waals surface area contributed by atoms with Gasteiger partial charge in [-0.2, -0.15) is 0 Å². The molecule has 4 nitrogen and oxygen atoms in total. The van der Waals surface area contributed by atoms with Gasteiger partial charge in [-0.1, -0.05) is 19.9 Å². The first-order valence-electron chi connectivity index (χ1n) is 5.93. The van der Waals surface area contributed by atoms with Crippen molar-refractivity contribution in [2.24, 2.45) is 0 Å². The van der Waals surface area contributed by atoms with E-state index in [1.165, 1.54) is 12.1 Å². The van der Waals surface area contributed by atoms with E-state index >= 15 is 0 Å². The van der Waals surface area contributed by atoms with E-state index in [0.29, 0.717) is 6.54 Å². The quantitative estimate of drug-likeness (QED) is 0.571. The number of phenols is 2. The number of nitrogens with one attached hydrogen (secondary N) is 1. The van der Waals surface area contributed by atoms with Crippen LogP contribution in [0.5, 0.6) is 11.5 Å². The first kappa shape index (κ1) is 13.8. The zero-order valence-electron chi connectivity index (χ0n) is 10.4. The molecule has 0 unspecified atom stereocenters. The van der Waals surface area contributed by atoms with Gasteiger partial charge in [0.15, 0.2) is 11.5 Å². The summed E-state index contributed by atoms with van der Waals surface area (Å²) in [5.74, 6) is -0.236. The largest absolute Gasteiger partial charge is 0.504 e. The number of phenolic OH excluding ortho intramolecular Hbond substituents is 2. The monoisotopic (exact) mass is 239 g/mol. The number of rotatable bonds is 6. The van der Waals surface area contributed by atoms with Crippen LogP contribution in [-0.2, 0) is 6.54 Å². The second-order valence-electron chi connectivity index (χ2n) is 4.32. The average molecular weight is 239 g/mol. The van der Waals surface area contributed by atoms with E-state index in [1.54, 1.807) is 6.07 Å². The van der Waals surface area contributed by atoms with E-state index in [9.17, 15) is 15.3 Å². The molecular weight excluding hydrogens is 218 g/mol. The van der Waals surface area contributed by atoms with Crippen molar-refractivity contribution in [2.45, 2.75) is 38.8 Å². The molecule has 0 radical (unpaired) electrons. The third kappa shape index (κ3) is 3.35. The average Bonchev–Trinajstić information content (AvgIpc) is 2.36. The summed E-state index contributed by atoms with van der Waals surface area (Å²) in [6, 6.07) is 4.73. The van der Waals surface area contributed by atoms with Crippen LogP contribution < -0.4 is 5.32 Å². The van der Waals surface area contributed by atoms with E-state index in [1.807, 2.05) is 13.8 Å². The summed E-state index contributed by atoms with van der Waals surface area (Å²) in [5.41, 5.74) is 0.605. The van der Waals surface area contributed by atoms with Gasteiger partial charge >= 0.3 is 0 Å². The van der Waals surface area contributed by atoms with Crippen molar-refractivity contribution in [3.05, 3.63) is 23.8 Å². The van der Waals surface area contributed by atoms with Crippen LogP contribution in [0, 0.1) is 0 Å². The minimum atomic E-state index is -0.270. The molecule has 0 fully saturated rings. The lowest BCUT2D eigenvalue weighted by molar-refractivity contribution is 0.149. The molecule has 1 aromatic carbocycles. The van der Waals surface area contributed by atoms with E-state index in [4.69, 9.17) is 0 Å². The Morgan fingerprint density at radius 2 is 1.76 bits per heavy atom. The number of benzene rings is 1. The maximum absolute atomic E-state index is 9.40.